The molecule has 4 aliphatic rings. The number of hydrogen-bond acceptors (Lipinski definition) is 6. The molecule has 2 aliphatic heterocycles. The third kappa shape index (κ3) is 10.3. The molecule has 2 aromatic rings. The monoisotopic (exact) mass is 721 g/mol. The zero-order chi connectivity index (χ0) is 37.7. The molecule has 2 aliphatic carbocycles. The fourth-order valence-electron chi connectivity index (χ4n) is 9.44. The topological polar surface area (TPSA) is 48.6 Å². The van der Waals surface area contributed by atoms with Gasteiger partial charge in [0.2, 0.25) is 0 Å². The molecule has 0 bridgehead atoms. The predicted molar refractivity (Wildman–Crippen MR) is 220 cm³/mol. The Labute approximate surface area is 320 Å². The fraction of sp³-hybridized carbons (Fsp3) is 0.864. The van der Waals surface area contributed by atoms with Crippen LogP contribution >= 0.6 is 0 Å². The van der Waals surface area contributed by atoms with Gasteiger partial charge >= 0.3 is 0 Å². The van der Waals surface area contributed by atoms with Crippen molar-refractivity contribution in [3.05, 3.63) is 34.9 Å². The Hall–Kier alpha value is -1.74. The molecular formula is C44H80N8. The summed E-state index contributed by atoms with van der Waals surface area (Å²) in [7, 11) is 0. The van der Waals surface area contributed by atoms with Crippen molar-refractivity contribution in [2.24, 2.45) is 0 Å². The van der Waals surface area contributed by atoms with Crippen LogP contribution in [0.5, 0.6) is 0 Å². The van der Waals surface area contributed by atoms with E-state index in [1.54, 1.807) is 0 Å². The normalized spacial score (nSPS) is 26.3. The molecule has 4 fully saturated rings. The summed E-state index contributed by atoms with van der Waals surface area (Å²) in [4.78, 5) is 10.8. The highest BCUT2D eigenvalue weighted by atomic mass is 15.3. The van der Waals surface area contributed by atoms with Crippen LogP contribution in [0.1, 0.15) is 193 Å². The third-order valence-electron chi connectivity index (χ3n) is 13.1. The van der Waals surface area contributed by atoms with E-state index < -0.39 is 0 Å². The van der Waals surface area contributed by atoms with E-state index in [0.717, 1.165) is 12.1 Å². The van der Waals surface area contributed by atoms with Crippen LogP contribution in [0.4, 0.5) is 0 Å². The Morgan fingerprint density at radius 1 is 0.404 bits per heavy atom. The molecule has 0 radical (unpaired) electrons. The standard InChI is InChI=1S/2C22H40N4/c2*1-16(2)21-15-22(17(3)4)26(23-21)20-9-7-19(8-10-20)25-13-11-24(12-14-25)18(5)6/h2*15-20H,7-14H2,1-6H3. The lowest BCUT2D eigenvalue weighted by Crippen LogP contribution is -2.52. The zero-order valence-electron chi connectivity index (χ0n) is 35.8. The van der Waals surface area contributed by atoms with Crippen LogP contribution in [-0.2, 0) is 0 Å². The van der Waals surface area contributed by atoms with E-state index in [1.165, 1.54) is 127 Å². The number of hydrogen-bond donors (Lipinski definition) is 0. The van der Waals surface area contributed by atoms with E-state index in [9.17, 15) is 0 Å². The second-order valence-corrected chi connectivity index (χ2v) is 18.8. The van der Waals surface area contributed by atoms with Crippen molar-refractivity contribution in [1.29, 1.82) is 0 Å². The van der Waals surface area contributed by atoms with Gasteiger partial charge in [0, 0.05) is 87.9 Å². The Kier molecular flexibility index (Phi) is 14.9. The SMILES string of the molecule is CC(C)c1cc(C(C)C)n(C2CCC(N3CCN(C(C)C)CC3)CC2)n1.CC(C)c1cc(C(C)C)n(C2CCC(N3CCN(C(C)C)CC3)CC2)n1. The molecule has 0 N–H and O–H groups in total. The molecular weight excluding hydrogens is 641 g/mol. The van der Waals surface area contributed by atoms with Crippen LogP contribution in [-0.4, -0.2) is 116 Å². The van der Waals surface area contributed by atoms with Gasteiger partial charge in [-0.05, 0) is 115 Å². The number of nitrogens with zero attached hydrogens (tertiary/aromatic N) is 8. The van der Waals surface area contributed by atoms with Gasteiger partial charge in [-0.25, -0.2) is 0 Å². The zero-order valence-corrected chi connectivity index (χ0v) is 35.8. The van der Waals surface area contributed by atoms with Gasteiger partial charge in [0.25, 0.3) is 0 Å². The Bertz CT molecular complexity index is 1220. The van der Waals surface area contributed by atoms with Gasteiger partial charge in [-0.1, -0.05) is 55.4 Å². The van der Waals surface area contributed by atoms with Gasteiger partial charge in [0.1, 0.15) is 0 Å². The van der Waals surface area contributed by atoms with Gasteiger partial charge < -0.3 is 0 Å². The molecule has 8 nitrogen and oxygen atoms in total. The molecule has 0 amide bonds. The quantitative estimate of drug-likeness (QED) is 0.244. The lowest BCUT2D eigenvalue weighted by molar-refractivity contribution is 0.0572. The minimum Gasteiger partial charge on any atom is -0.298 e. The third-order valence-corrected chi connectivity index (χ3v) is 13.1. The average Bonchev–Trinajstić information content (AvgIpc) is 3.79. The van der Waals surface area contributed by atoms with Crippen LogP contribution in [0.15, 0.2) is 12.1 Å². The second-order valence-electron chi connectivity index (χ2n) is 18.8. The van der Waals surface area contributed by atoms with E-state index in [4.69, 9.17) is 10.2 Å². The highest BCUT2D eigenvalue weighted by Gasteiger charge is 2.33. The lowest BCUT2D eigenvalue weighted by atomic mass is 9.89. The summed E-state index contributed by atoms with van der Waals surface area (Å²) in [6.45, 7) is 37.5. The number of rotatable bonds is 10. The van der Waals surface area contributed by atoms with E-state index in [-0.39, 0.29) is 0 Å². The molecule has 0 spiro atoms. The fourth-order valence-corrected chi connectivity index (χ4v) is 9.44. The summed E-state index contributed by atoms with van der Waals surface area (Å²) in [6, 6.07) is 8.89. The van der Waals surface area contributed by atoms with E-state index >= 15 is 0 Å². The first-order chi connectivity index (χ1) is 24.7. The Morgan fingerprint density at radius 2 is 0.692 bits per heavy atom. The molecule has 0 aromatic carbocycles. The molecule has 296 valence electrons. The molecule has 2 aromatic heterocycles. The van der Waals surface area contributed by atoms with Crippen LogP contribution < -0.4 is 0 Å². The summed E-state index contributed by atoms with van der Waals surface area (Å²) in [5.41, 5.74) is 5.40. The van der Waals surface area contributed by atoms with Gasteiger partial charge in [0.05, 0.1) is 23.5 Å². The van der Waals surface area contributed by atoms with Crippen molar-refractivity contribution in [1.82, 2.24) is 39.2 Å². The first kappa shape index (κ1) is 41.4. The molecule has 8 heteroatoms. The van der Waals surface area contributed by atoms with Gasteiger partial charge in [-0.3, -0.25) is 29.0 Å². The first-order valence-electron chi connectivity index (χ1n) is 21.9. The van der Waals surface area contributed by atoms with Crippen LogP contribution in [0.2, 0.25) is 0 Å². The summed E-state index contributed by atoms with van der Waals surface area (Å²) in [5.74, 6) is 2.14. The minimum absolute atomic E-state index is 0.516. The summed E-state index contributed by atoms with van der Waals surface area (Å²) >= 11 is 0. The van der Waals surface area contributed by atoms with E-state index in [0.29, 0.717) is 47.8 Å². The van der Waals surface area contributed by atoms with Crippen molar-refractivity contribution < 1.29 is 0 Å². The minimum atomic E-state index is 0.516. The van der Waals surface area contributed by atoms with Gasteiger partial charge in [-0.2, -0.15) is 10.2 Å². The molecule has 2 saturated carbocycles. The van der Waals surface area contributed by atoms with E-state index in [1.807, 2.05) is 0 Å². The molecule has 6 rings (SSSR count). The van der Waals surface area contributed by atoms with Gasteiger partial charge in [-0.15, -0.1) is 0 Å². The highest BCUT2D eigenvalue weighted by molar-refractivity contribution is 5.18. The Morgan fingerprint density at radius 3 is 0.942 bits per heavy atom. The van der Waals surface area contributed by atoms with Crippen LogP contribution in [0.3, 0.4) is 0 Å². The molecule has 4 heterocycles. The molecule has 0 atom stereocenters. The maximum absolute atomic E-state index is 5.02. The van der Waals surface area contributed by atoms with Gasteiger partial charge in [0.15, 0.2) is 0 Å². The first-order valence-corrected chi connectivity index (χ1v) is 21.9. The van der Waals surface area contributed by atoms with Crippen molar-refractivity contribution in [3.8, 4) is 0 Å². The smallest absolute Gasteiger partial charge is 0.0653 e. The lowest BCUT2D eigenvalue weighted by Gasteiger charge is -2.43. The van der Waals surface area contributed by atoms with Crippen LogP contribution in [0.25, 0.3) is 0 Å². The number of aromatic nitrogens is 4. The van der Waals surface area contributed by atoms with Crippen molar-refractivity contribution in [2.45, 2.75) is 194 Å². The molecule has 0 unspecified atom stereocenters. The maximum atomic E-state index is 5.02. The van der Waals surface area contributed by atoms with Crippen molar-refractivity contribution in [2.75, 3.05) is 52.4 Å². The predicted octanol–water partition coefficient (Wildman–Crippen LogP) is 9.28. The average molecular weight is 721 g/mol. The molecule has 52 heavy (non-hydrogen) atoms. The number of piperazine rings is 2. The van der Waals surface area contributed by atoms with Crippen molar-refractivity contribution >= 4 is 0 Å². The Balaban J connectivity index is 0.000000201. The van der Waals surface area contributed by atoms with Crippen molar-refractivity contribution in [3.63, 3.8) is 0 Å². The maximum Gasteiger partial charge on any atom is 0.0653 e. The highest BCUT2D eigenvalue weighted by Crippen LogP contribution is 2.36. The summed E-state index contributed by atoms with van der Waals surface area (Å²) in [5, 5.41) is 10.0. The summed E-state index contributed by atoms with van der Waals surface area (Å²) in [6.07, 6.45) is 10.5. The van der Waals surface area contributed by atoms with Crippen LogP contribution in [0, 0.1) is 0 Å². The largest absolute Gasteiger partial charge is 0.298 e. The second kappa shape index (κ2) is 18.7. The van der Waals surface area contributed by atoms with E-state index in [2.05, 4.69) is 124 Å². The molecule has 2 saturated heterocycles. The summed E-state index contributed by atoms with van der Waals surface area (Å²) < 4.78 is 4.79.